The van der Waals surface area contributed by atoms with E-state index in [4.69, 9.17) is 4.74 Å². The molecule has 1 N–H and O–H groups in total. The summed E-state index contributed by atoms with van der Waals surface area (Å²) in [4.78, 5) is 0. The predicted octanol–water partition coefficient (Wildman–Crippen LogP) is 3.54. The molecule has 0 amide bonds. The number of para-hydroxylation sites is 2. The molecule has 2 nitrogen and oxygen atoms in total. The third kappa shape index (κ3) is 3.82. The standard InChI is InChI=1S/C13H21NO/c1-10(2)9-11(3)14-12-7-5-6-8-13(12)15-4/h5-8,10-11,14H,9H2,1-4H3/t11-/m1/s1. The molecule has 1 aromatic rings. The normalized spacial score (nSPS) is 12.6. The molecular formula is C13H21NO. The summed E-state index contributed by atoms with van der Waals surface area (Å²) in [6, 6.07) is 8.51. The van der Waals surface area contributed by atoms with Gasteiger partial charge in [0.1, 0.15) is 5.75 Å². The predicted molar refractivity (Wildman–Crippen MR) is 65.5 cm³/mol. The molecule has 0 bridgehead atoms. The van der Waals surface area contributed by atoms with E-state index in [0.29, 0.717) is 12.0 Å². The maximum absolute atomic E-state index is 5.29. The highest BCUT2D eigenvalue weighted by Gasteiger charge is 2.07. The van der Waals surface area contributed by atoms with Crippen LogP contribution in [0.25, 0.3) is 0 Å². The number of nitrogens with one attached hydrogen (secondary N) is 1. The van der Waals surface area contributed by atoms with Crippen molar-refractivity contribution in [1.29, 1.82) is 0 Å². The fourth-order valence-electron chi connectivity index (χ4n) is 1.80. The summed E-state index contributed by atoms with van der Waals surface area (Å²) in [6.45, 7) is 6.67. The van der Waals surface area contributed by atoms with Crippen molar-refractivity contribution in [2.75, 3.05) is 12.4 Å². The topological polar surface area (TPSA) is 21.3 Å². The van der Waals surface area contributed by atoms with Crippen molar-refractivity contribution >= 4 is 5.69 Å². The van der Waals surface area contributed by atoms with Crippen LogP contribution in [0.5, 0.6) is 5.75 Å². The zero-order valence-electron chi connectivity index (χ0n) is 10.1. The van der Waals surface area contributed by atoms with E-state index in [1.165, 1.54) is 0 Å². The first-order chi connectivity index (χ1) is 7.13. The van der Waals surface area contributed by atoms with Gasteiger partial charge < -0.3 is 10.1 Å². The average molecular weight is 207 g/mol. The van der Waals surface area contributed by atoms with Gasteiger partial charge in [0, 0.05) is 6.04 Å². The molecule has 0 aliphatic rings. The van der Waals surface area contributed by atoms with Gasteiger partial charge in [-0.25, -0.2) is 0 Å². The van der Waals surface area contributed by atoms with Gasteiger partial charge in [-0.15, -0.1) is 0 Å². The summed E-state index contributed by atoms with van der Waals surface area (Å²) < 4.78 is 5.29. The maximum Gasteiger partial charge on any atom is 0.141 e. The van der Waals surface area contributed by atoms with Crippen LogP contribution in [0.3, 0.4) is 0 Å². The van der Waals surface area contributed by atoms with Gasteiger partial charge in [-0.3, -0.25) is 0 Å². The van der Waals surface area contributed by atoms with E-state index in [0.717, 1.165) is 17.9 Å². The van der Waals surface area contributed by atoms with Crippen LogP contribution in [0.15, 0.2) is 24.3 Å². The smallest absolute Gasteiger partial charge is 0.141 e. The average Bonchev–Trinajstić information content (AvgIpc) is 2.17. The Morgan fingerprint density at radius 3 is 2.47 bits per heavy atom. The highest BCUT2D eigenvalue weighted by atomic mass is 16.5. The van der Waals surface area contributed by atoms with Crippen molar-refractivity contribution in [3.63, 3.8) is 0 Å². The lowest BCUT2D eigenvalue weighted by Gasteiger charge is -2.18. The number of anilines is 1. The molecule has 0 saturated heterocycles. The lowest BCUT2D eigenvalue weighted by atomic mass is 10.1. The summed E-state index contributed by atoms with van der Waals surface area (Å²) in [6.07, 6.45) is 1.16. The van der Waals surface area contributed by atoms with E-state index in [1.807, 2.05) is 18.2 Å². The summed E-state index contributed by atoms with van der Waals surface area (Å²) in [5.41, 5.74) is 1.08. The van der Waals surface area contributed by atoms with Crippen LogP contribution >= 0.6 is 0 Å². The van der Waals surface area contributed by atoms with Gasteiger partial charge in [0.05, 0.1) is 12.8 Å². The number of methoxy groups -OCH3 is 1. The molecule has 0 heterocycles. The van der Waals surface area contributed by atoms with Crippen molar-refractivity contribution in [3.05, 3.63) is 24.3 Å². The molecule has 2 heteroatoms. The van der Waals surface area contributed by atoms with Crippen LogP contribution in [0, 0.1) is 5.92 Å². The zero-order chi connectivity index (χ0) is 11.3. The molecule has 84 valence electrons. The minimum Gasteiger partial charge on any atom is -0.495 e. The largest absolute Gasteiger partial charge is 0.495 e. The minimum absolute atomic E-state index is 0.473. The molecule has 0 fully saturated rings. The quantitative estimate of drug-likeness (QED) is 0.797. The number of hydrogen-bond donors (Lipinski definition) is 1. The summed E-state index contributed by atoms with van der Waals surface area (Å²) >= 11 is 0. The van der Waals surface area contributed by atoms with Crippen LogP contribution < -0.4 is 10.1 Å². The van der Waals surface area contributed by atoms with Crippen LogP contribution in [0.1, 0.15) is 27.2 Å². The van der Waals surface area contributed by atoms with Gasteiger partial charge in [-0.2, -0.15) is 0 Å². The Balaban J connectivity index is 2.63. The monoisotopic (exact) mass is 207 g/mol. The number of hydrogen-bond acceptors (Lipinski definition) is 2. The lowest BCUT2D eigenvalue weighted by Crippen LogP contribution is -2.17. The number of rotatable bonds is 5. The first-order valence-corrected chi connectivity index (χ1v) is 5.53. The third-order valence-corrected chi connectivity index (χ3v) is 2.33. The Bertz CT molecular complexity index is 296. The molecular weight excluding hydrogens is 186 g/mol. The molecule has 0 unspecified atom stereocenters. The van der Waals surface area contributed by atoms with Gasteiger partial charge in [-0.05, 0) is 31.4 Å². The molecule has 0 aliphatic heterocycles. The second kappa shape index (κ2) is 5.64. The molecule has 1 atom stereocenters. The van der Waals surface area contributed by atoms with Crippen LogP contribution in [-0.2, 0) is 0 Å². The Morgan fingerprint density at radius 2 is 1.87 bits per heavy atom. The van der Waals surface area contributed by atoms with Crippen molar-refractivity contribution < 1.29 is 4.74 Å². The second-order valence-electron chi connectivity index (χ2n) is 4.38. The van der Waals surface area contributed by atoms with E-state index >= 15 is 0 Å². The van der Waals surface area contributed by atoms with E-state index in [9.17, 15) is 0 Å². The van der Waals surface area contributed by atoms with E-state index in [2.05, 4.69) is 32.2 Å². The van der Waals surface area contributed by atoms with Gasteiger partial charge in [0.2, 0.25) is 0 Å². The Labute approximate surface area is 92.6 Å². The highest BCUT2D eigenvalue weighted by Crippen LogP contribution is 2.24. The third-order valence-electron chi connectivity index (χ3n) is 2.33. The van der Waals surface area contributed by atoms with Gasteiger partial charge >= 0.3 is 0 Å². The molecule has 0 radical (unpaired) electrons. The van der Waals surface area contributed by atoms with Crippen molar-refractivity contribution in [2.45, 2.75) is 33.2 Å². The summed E-state index contributed by atoms with van der Waals surface area (Å²) in [5.74, 6) is 1.62. The fraction of sp³-hybridized carbons (Fsp3) is 0.538. The van der Waals surface area contributed by atoms with Crippen LogP contribution in [0.2, 0.25) is 0 Å². The van der Waals surface area contributed by atoms with E-state index in [-0.39, 0.29) is 0 Å². The molecule has 15 heavy (non-hydrogen) atoms. The zero-order valence-corrected chi connectivity index (χ0v) is 10.1. The van der Waals surface area contributed by atoms with Gasteiger partial charge in [0.25, 0.3) is 0 Å². The Hall–Kier alpha value is -1.18. The van der Waals surface area contributed by atoms with Crippen molar-refractivity contribution in [1.82, 2.24) is 0 Å². The molecule has 1 aromatic carbocycles. The van der Waals surface area contributed by atoms with E-state index in [1.54, 1.807) is 7.11 Å². The fourth-order valence-corrected chi connectivity index (χ4v) is 1.80. The van der Waals surface area contributed by atoms with Crippen molar-refractivity contribution in [3.8, 4) is 5.75 Å². The Morgan fingerprint density at radius 1 is 1.20 bits per heavy atom. The maximum atomic E-state index is 5.29. The summed E-state index contributed by atoms with van der Waals surface area (Å²) in [7, 11) is 1.70. The number of benzene rings is 1. The SMILES string of the molecule is COc1ccccc1N[C@H](C)CC(C)C. The lowest BCUT2D eigenvalue weighted by molar-refractivity contribution is 0.415. The molecule has 0 aromatic heterocycles. The minimum atomic E-state index is 0.473. The van der Waals surface area contributed by atoms with E-state index < -0.39 is 0 Å². The second-order valence-corrected chi connectivity index (χ2v) is 4.38. The molecule has 1 rings (SSSR count). The highest BCUT2D eigenvalue weighted by molar-refractivity contribution is 5.56. The Kier molecular flexibility index (Phi) is 4.47. The summed E-state index contributed by atoms with van der Waals surface area (Å²) in [5, 5.41) is 3.47. The van der Waals surface area contributed by atoms with Crippen LogP contribution in [0.4, 0.5) is 5.69 Å². The molecule has 0 aliphatic carbocycles. The van der Waals surface area contributed by atoms with Crippen LogP contribution in [-0.4, -0.2) is 13.2 Å². The number of ether oxygens (including phenoxy) is 1. The molecule has 0 saturated carbocycles. The van der Waals surface area contributed by atoms with Crippen molar-refractivity contribution in [2.24, 2.45) is 5.92 Å². The first-order valence-electron chi connectivity index (χ1n) is 5.53. The molecule has 0 spiro atoms. The van der Waals surface area contributed by atoms with Gasteiger partial charge in [0.15, 0.2) is 0 Å². The van der Waals surface area contributed by atoms with Gasteiger partial charge in [-0.1, -0.05) is 26.0 Å². The first kappa shape index (κ1) is 11.9.